The molecule has 0 radical (unpaired) electrons. The molecule has 1 atom stereocenters. The van der Waals surface area contributed by atoms with Crippen molar-refractivity contribution >= 4 is 36.0 Å². The van der Waals surface area contributed by atoms with Crippen LogP contribution in [0.5, 0.6) is 0 Å². The van der Waals surface area contributed by atoms with E-state index >= 15 is 0 Å². The first-order chi connectivity index (χ1) is 9.15. The Kier molecular flexibility index (Phi) is 7.69. The Labute approximate surface area is 130 Å². The van der Waals surface area contributed by atoms with Crippen LogP contribution in [0.15, 0.2) is 0 Å². The fraction of sp³-hybridized carbons (Fsp3) is 0.846. The average molecular weight is 322 g/mol. The van der Waals surface area contributed by atoms with Gasteiger partial charge in [-0.25, -0.2) is 0 Å². The summed E-state index contributed by atoms with van der Waals surface area (Å²) < 4.78 is 0. The number of carbonyl (C=O) groups excluding carboxylic acids is 2. The summed E-state index contributed by atoms with van der Waals surface area (Å²) in [4.78, 5) is 25.0. The fourth-order valence-electron chi connectivity index (χ4n) is 2.76. The van der Waals surface area contributed by atoms with Crippen LogP contribution in [0, 0.1) is 5.92 Å². The van der Waals surface area contributed by atoms with Gasteiger partial charge in [0.05, 0.1) is 0 Å². The number of nitrogens with zero attached hydrogens (tertiary/aromatic N) is 1. The lowest BCUT2D eigenvalue weighted by Gasteiger charge is -2.33. The van der Waals surface area contributed by atoms with Gasteiger partial charge >= 0.3 is 0 Å². The summed E-state index contributed by atoms with van der Waals surface area (Å²) in [5.41, 5.74) is 5.21. The Balaban J connectivity index is 0.00000200. The molecule has 0 aliphatic carbocycles. The molecule has 2 aliphatic rings. The van der Waals surface area contributed by atoms with Gasteiger partial charge in [-0.1, -0.05) is 0 Å². The quantitative estimate of drug-likeness (QED) is 0.796. The van der Waals surface area contributed by atoms with Crippen LogP contribution in [0.25, 0.3) is 0 Å². The molecular formula is C13H24ClN3O2S. The minimum absolute atomic E-state index is 0. The Hall–Kier alpha value is -0.460. The van der Waals surface area contributed by atoms with Crippen molar-refractivity contribution in [3.63, 3.8) is 0 Å². The molecule has 20 heavy (non-hydrogen) atoms. The van der Waals surface area contributed by atoms with E-state index in [1.54, 1.807) is 0 Å². The monoisotopic (exact) mass is 321 g/mol. The van der Waals surface area contributed by atoms with E-state index in [4.69, 9.17) is 5.73 Å². The molecule has 2 aliphatic heterocycles. The molecule has 7 heteroatoms. The highest BCUT2D eigenvalue weighted by Crippen LogP contribution is 2.21. The standard InChI is InChI=1S/C13H23N3O2S.ClH/c14-12(17)7-10-1-4-16(5-2-10)13(18)8-11-9-19-6-3-15-11;/h10-11,15H,1-9H2,(H2,14,17);1H. The third-order valence-corrected chi connectivity index (χ3v) is 5.01. The summed E-state index contributed by atoms with van der Waals surface area (Å²) in [6.07, 6.45) is 2.87. The van der Waals surface area contributed by atoms with Crippen molar-refractivity contribution in [2.75, 3.05) is 31.1 Å². The third kappa shape index (κ3) is 5.50. The number of amides is 2. The van der Waals surface area contributed by atoms with Gasteiger partial charge in [0, 0.05) is 50.0 Å². The van der Waals surface area contributed by atoms with Crippen LogP contribution in [0.4, 0.5) is 0 Å². The van der Waals surface area contributed by atoms with Gasteiger partial charge in [-0.2, -0.15) is 11.8 Å². The Morgan fingerprint density at radius 3 is 2.50 bits per heavy atom. The number of primary amides is 1. The highest BCUT2D eigenvalue weighted by atomic mass is 35.5. The highest BCUT2D eigenvalue weighted by molar-refractivity contribution is 7.99. The van der Waals surface area contributed by atoms with Crippen LogP contribution in [0.2, 0.25) is 0 Å². The summed E-state index contributed by atoms with van der Waals surface area (Å²) in [5.74, 6) is 2.56. The third-order valence-electron chi connectivity index (χ3n) is 3.88. The molecule has 0 bridgehead atoms. The van der Waals surface area contributed by atoms with E-state index in [0.717, 1.165) is 44.0 Å². The Morgan fingerprint density at radius 1 is 1.25 bits per heavy atom. The van der Waals surface area contributed by atoms with Gasteiger partial charge in [-0.05, 0) is 18.8 Å². The second kappa shape index (κ2) is 8.74. The van der Waals surface area contributed by atoms with Gasteiger partial charge < -0.3 is 16.0 Å². The van der Waals surface area contributed by atoms with Gasteiger partial charge in [-0.3, -0.25) is 9.59 Å². The number of nitrogens with one attached hydrogen (secondary N) is 1. The van der Waals surface area contributed by atoms with Crippen molar-refractivity contribution in [1.29, 1.82) is 0 Å². The maximum Gasteiger partial charge on any atom is 0.224 e. The van der Waals surface area contributed by atoms with Crippen LogP contribution in [-0.2, 0) is 9.59 Å². The zero-order valence-corrected chi connectivity index (χ0v) is 13.3. The molecule has 3 N–H and O–H groups in total. The van der Waals surface area contributed by atoms with E-state index in [1.807, 2.05) is 16.7 Å². The first kappa shape index (κ1) is 17.6. The predicted octanol–water partition coefficient (Wildman–Crippen LogP) is 0.617. The first-order valence-electron chi connectivity index (χ1n) is 7.02. The largest absolute Gasteiger partial charge is 0.370 e. The van der Waals surface area contributed by atoms with Crippen LogP contribution < -0.4 is 11.1 Å². The van der Waals surface area contributed by atoms with Crippen molar-refractivity contribution in [2.24, 2.45) is 11.7 Å². The van der Waals surface area contributed by atoms with Crippen molar-refractivity contribution in [3.05, 3.63) is 0 Å². The van der Waals surface area contributed by atoms with E-state index < -0.39 is 0 Å². The second-order valence-electron chi connectivity index (χ2n) is 5.42. The topological polar surface area (TPSA) is 75.4 Å². The number of carbonyl (C=O) groups is 2. The summed E-state index contributed by atoms with van der Waals surface area (Å²) >= 11 is 1.91. The SMILES string of the molecule is Cl.NC(=O)CC1CCN(C(=O)CC2CSCCN2)CC1. The highest BCUT2D eigenvalue weighted by Gasteiger charge is 2.26. The zero-order valence-electron chi connectivity index (χ0n) is 11.7. The van der Waals surface area contributed by atoms with Gasteiger partial charge in [-0.15, -0.1) is 12.4 Å². The van der Waals surface area contributed by atoms with E-state index in [9.17, 15) is 9.59 Å². The minimum atomic E-state index is -0.229. The van der Waals surface area contributed by atoms with Crippen molar-refractivity contribution < 1.29 is 9.59 Å². The Morgan fingerprint density at radius 2 is 1.95 bits per heavy atom. The molecule has 2 rings (SSSR count). The van der Waals surface area contributed by atoms with Gasteiger partial charge in [0.2, 0.25) is 11.8 Å². The van der Waals surface area contributed by atoms with Gasteiger partial charge in [0.1, 0.15) is 0 Å². The van der Waals surface area contributed by atoms with E-state index in [0.29, 0.717) is 24.8 Å². The number of piperidine rings is 1. The number of nitrogens with two attached hydrogens (primary N) is 1. The summed E-state index contributed by atoms with van der Waals surface area (Å²) in [6, 6.07) is 0.328. The molecule has 5 nitrogen and oxygen atoms in total. The van der Waals surface area contributed by atoms with E-state index in [-0.39, 0.29) is 24.2 Å². The lowest BCUT2D eigenvalue weighted by Crippen LogP contribution is -2.45. The molecule has 0 saturated carbocycles. The number of hydrogen-bond donors (Lipinski definition) is 2. The maximum absolute atomic E-state index is 12.2. The molecule has 116 valence electrons. The number of rotatable bonds is 4. The lowest BCUT2D eigenvalue weighted by atomic mass is 9.93. The van der Waals surface area contributed by atoms with Crippen molar-refractivity contribution in [1.82, 2.24) is 10.2 Å². The maximum atomic E-state index is 12.2. The predicted molar refractivity (Wildman–Crippen MR) is 84.1 cm³/mol. The number of hydrogen-bond acceptors (Lipinski definition) is 4. The molecule has 2 saturated heterocycles. The molecule has 0 aromatic heterocycles. The van der Waals surface area contributed by atoms with Crippen LogP contribution in [0.1, 0.15) is 25.7 Å². The zero-order chi connectivity index (χ0) is 13.7. The summed E-state index contributed by atoms with van der Waals surface area (Å²) in [7, 11) is 0. The van der Waals surface area contributed by atoms with Crippen molar-refractivity contribution in [2.45, 2.75) is 31.7 Å². The molecule has 2 fully saturated rings. The number of halogens is 1. The van der Waals surface area contributed by atoms with Gasteiger partial charge in [0.15, 0.2) is 0 Å². The molecule has 1 unspecified atom stereocenters. The second-order valence-corrected chi connectivity index (χ2v) is 6.57. The first-order valence-corrected chi connectivity index (χ1v) is 8.18. The van der Waals surface area contributed by atoms with Crippen molar-refractivity contribution in [3.8, 4) is 0 Å². The molecule has 2 amide bonds. The van der Waals surface area contributed by atoms with E-state index in [2.05, 4.69) is 5.32 Å². The molecule has 0 aromatic carbocycles. The molecule has 2 heterocycles. The summed E-state index contributed by atoms with van der Waals surface area (Å²) in [5, 5.41) is 3.39. The number of likely N-dealkylation sites (tertiary alicyclic amines) is 1. The lowest BCUT2D eigenvalue weighted by molar-refractivity contribution is -0.133. The minimum Gasteiger partial charge on any atom is -0.370 e. The van der Waals surface area contributed by atoms with Crippen LogP contribution in [0.3, 0.4) is 0 Å². The fourth-order valence-corrected chi connectivity index (χ4v) is 3.71. The molecular weight excluding hydrogens is 298 g/mol. The Bertz CT molecular complexity index is 330. The smallest absolute Gasteiger partial charge is 0.224 e. The van der Waals surface area contributed by atoms with E-state index in [1.165, 1.54) is 0 Å². The number of thioether (sulfide) groups is 1. The molecule has 0 spiro atoms. The van der Waals surface area contributed by atoms with Crippen LogP contribution >= 0.6 is 24.2 Å². The van der Waals surface area contributed by atoms with Gasteiger partial charge in [0.25, 0.3) is 0 Å². The normalized spacial score (nSPS) is 24.0. The van der Waals surface area contributed by atoms with Crippen LogP contribution in [-0.4, -0.2) is 53.9 Å². The average Bonchev–Trinajstić information content (AvgIpc) is 2.40. The summed E-state index contributed by atoms with van der Waals surface area (Å²) in [6.45, 7) is 2.55. The molecule has 0 aromatic rings.